The van der Waals surface area contributed by atoms with Crippen LogP contribution in [0.4, 0.5) is 8.78 Å². The first-order chi connectivity index (χ1) is 16.7. The molecule has 1 heterocycles. The highest BCUT2D eigenvalue weighted by molar-refractivity contribution is 7.89. The number of alkyl halides is 2. The van der Waals surface area contributed by atoms with E-state index in [1.807, 2.05) is 6.92 Å². The van der Waals surface area contributed by atoms with Crippen molar-refractivity contribution in [3.63, 3.8) is 0 Å². The summed E-state index contributed by atoms with van der Waals surface area (Å²) in [5.41, 5.74) is 2.95. The van der Waals surface area contributed by atoms with Gasteiger partial charge in [-0.2, -0.15) is 18.2 Å². The zero-order chi connectivity index (χ0) is 25.4. The average molecular weight is 512 g/mol. The molecule has 1 amide bonds. The SMILES string of the molecule is CCOc1ccc(S(=O)(=O)N2CCC(C(=O)N/N=C\c3ccc(OC(F)F)c(OC)c3)CC2)cc1. The number of nitrogens with zero attached hydrogens (tertiary/aromatic N) is 2. The molecule has 0 aromatic heterocycles. The number of methoxy groups -OCH3 is 1. The van der Waals surface area contributed by atoms with Crippen LogP contribution in [0.25, 0.3) is 0 Å². The molecule has 2 aromatic carbocycles. The van der Waals surface area contributed by atoms with Crippen LogP contribution in [0.5, 0.6) is 17.2 Å². The van der Waals surface area contributed by atoms with Crippen LogP contribution in [0.1, 0.15) is 25.3 Å². The minimum Gasteiger partial charge on any atom is -0.494 e. The van der Waals surface area contributed by atoms with Crippen molar-refractivity contribution in [1.29, 1.82) is 0 Å². The van der Waals surface area contributed by atoms with E-state index in [2.05, 4.69) is 15.3 Å². The molecule has 0 atom stereocenters. The summed E-state index contributed by atoms with van der Waals surface area (Å²) in [5, 5.41) is 3.91. The van der Waals surface area contributed by atoms with Crippen LogP contribution in [0.3, 0.4) is 0 Å². The fourth-order valence-corrected chi connectivity index (χ4v) is 5.07. The number of carbonyl (C=O) groups excluding carboxylic acids is 1. The molecule has 1 aliphatic heterocycles. The molecular weight excluding hydrogens is 484 g/mol. The molecular formula is C23H27F2N3O6S. The van der Waals surface area contributed by atoms with Crippen molar-refractivity contribution < 1.29 is 36.2 Å². The second-order valence-corrected chi connectivity index (χ2v) is 9.54. The summed E-state index contributed by atoms with van der Waals surface area (Å²) in [6, 6.07) is 10.5. The van der Waals surface area contributed by atoms with E-state index in [-0.39, 0.29) is 35.4 Å². The molecule has 0 radical (unpaired) electrons. The highest BCUT2D eigenvalue weighted by Gasteiger charge is 2.32. The maximum absolute atomic E-state index is 12.9. The van der Waals surface area contributed by atoms with E-state index in [4.69, 9.17) is 9.47 Å². The maximum Gasteiger partial charge on any atom is 0.387 e. The number of hydrogen-bond acceptors (Lipinski definition) is 7. The molecule has 35 heavy (non-hydrogen) atoms. The molecule has 1 N–H and O–H groups in total. The van der Waals surface area contributed by atoms with Crippen LogP contribution in [0, 0.1) is 5.92 Å². The third-order valence-electron chi connectivity index (χ3n) is 5.39. The minimum absolute atomic E-state index is 0.0988. The number of piperidine rings is 1. The highest BCUT2D eigenvalue weighted by Crippen LogP contribution is 2.29. The number of benzene rings is 2. The average Bonchev–Trinajstić information content (AvgIpc) is 2.85. The van der Waals surface area contributed by atoms with Gasteiger partial charge in [-0.1, -0.05) is 0 Å². The summed E-state index contributed by atoms with van der Waals surface area (Å²) in [6.07, 6.45) is 2.05. The van der Waals surface area contributed by atoms with Crippen LogP contribution in [0.2, 0.25) is 0 Å². The van der Waals surface area contributed by atoms with Gasteiger partial charge in [-0.05, 0) is 67.8 Å². The highest BCUT2D eigenvalue weighted by atomic mass is 32.2. The molecule has 3 rings (SSSR count). The largest absolute Gasteiger partial charge is 0.494 e. The Morgan fingerprint density at radius 2 is 1.86 bits per heavy atom. The first kappa shape index (κ1) is 26.4. The van der Waals surface area contributed by atoms with E-state index in [0.717, 1.165) is 0 Å². The quantitative estimate of drug-likeness (QED) is 0.388. The molecule has 0 saturated carbocycles. The molecule has 1 aliphatic rings. The van der Waals surface area contributed by atoms with Crippen LogP contribution in [-0.2, 0) is 14.8 Å². The third-order valence-corrected chi connectivity index (χ3v) is 7.30. The van der Waals surface area contributed by atoms with Gasteiger partial charge in [-0.25, -0.2) is 13.8 Å². The van der Waals surface area contributed by atoms with Crippen molar-refractivity contribution in [2.24, 2.45) is 11.0 Å². The fourth-order valence-electron chi connectivity index (χ4n) is 3.60. The molecule has 1 fully saturated rings. The van der Waals surface area contributed by atoms with Crippen molar-refractivity contribution in [3.8, 4) is 17.2 Å². The molecule has 0 spiro atoms. The van der Waals surface area contributed by atoms with Crippen molar-refractivity contribution in [3.05, 3.63) is 48.0 Å². The number of hydrazone groups is 1. The van der Waals surface area contributed by atoms with E-state index in [9.17, 15) is 22.0 Å². The van der Waals surface area contributed by atoms with Crippen LogP contribution in [0.15, 0.2) is 52.5 Å². The zero-order valence-electron chi connectivity index (χ0n) is 19.3. The number of sulfonamides is 1. The summed E-state index contributed by atoms with van der Waals surface area (Å²) >= 11 is 0. The Morgan fingerprint density at radius 3 is 2.46 bits per heavy atom. The molecule has 9 nitrogen and oxygen atoms in total. The minimum atomic E-state index is -3.67. The number of amides is 1. The molecule has 12 heteroatoms. The molecule has 0 unspecified atom stereocenters. The Kier molecular flexibility index (Phi) is 8.99. The lowest BCUT2D eigenvalue weighted by Gasteiger charge is -2.30. The molecule has 190 valence electrons. The van der Waals surface area contributed by atoms with Gasteiger partial charge >= 0.3 is 6.61 Å². The van der Waals surface area contributed by atoms with E-state index in [1.165, 1.54) is 48.0 Å². The number of hydrogen-bond donors (Lipinski definition) is 1. The van der Waals surface area contributed by atoms with Crippen LogP contribution < -0.4 is 19.6 Å². The van der Waals surface area contributed by atoms with Gasteiger partial charge < -0.3 is 14.2 Å². The molecule has 0 aliphatic carbocycles. The number of halogens is 2. The third kappa shape index (κ3) is 6.89. The smallest absolute Gasteiger partial charge is 0.387 e. The Labute approximate surface area is 202 Å². The van der Waals surface area contributed by atoms with Crippen molar-refractivity contribution in [2.75, 3.05) is 26.8 Å². The van der Waals surface area contributed by atoms with Gasteiger partial charge in [0, 0.05) is 19.0 Å². The zero-order valence-corrected chi connectivity index (χ0v) is 20.1. The first-order valence-electron chi connectivity index (χ1n) is 10.9. The second kappa shape index (κ2) is 11.9. The van der Waals surface area contributed by atoms with E-state index in [0.29, 0.717) is 30.8 Å². The monoisotopic (exact) mass is 511 g/mol. The summed E-state index contributed by atoms with van der Waals surface area (Å²) in [4.78, 5) is 12.7. The standard InChI is InChI=1S/C23H27F2N3O6S/c1-3-33-18-5-7-19(8-6-18)35(30,31)28-12-10-17(11-13-28)22(29)27-26-15-16-4-9-20(34-23(24)25)21(14-16)32-2/h4-9,14-15,17,23H,3,10-13H2,1-2H3,(H,27,29)/b26-15-. The van der Waals surface area contributed by atoms with Gasteiger partial charge in [0.05, 0.1) is 24.8 Å². The van der Waals surface area contributed by atoms with Gasteiger partial charge in [-0.3, -0.25) is 4.79 Å². The fraction of sp³-hybridized carbons (Fsp3) is 0.391. The van der Waals surface area contributed by atoms with Gasteiger partial charge in [-0.15, -0.1) is 0 Å². The lowest BCUT2D eigenvalue weighted by Crippen LogP contribution is -2.42. The lowest BCUT2D eigenvalue weighted by molar-refractivity contribution is -0.126. The van der Waals surface area contributed by atoms with Gasteiger partial charge in [0.25, 0.3) is 0 Å². The van der Waals surface area contributed by atoms with Crippen molar-refractivity contribution in [1.82, 2.24) is 9.73 Å². The van der Waals surface area contributed by atoms with Crippen molar-refractivity contribution >= 4 is 22.1 Å². The summed E-state index contributed by atoms with van der Waals surface area (Å²) in [6.45, 7) is -0.230. The summed E-state index contributed by atoms with van der Waals surface area (Å²) < 4.78 is 66.8. The number of ether oxygens (including phenoxy) is 3. The molecule has 2 aromatic rings. The summed E-state index contributed by atoms with van der Waals surface area (Å²) in [7, 11) is -2.35. The number of carbonyl (C=O) groups is 1. The van der Waals surface area contributed by atoms with E-state index >= 15 is 0 Å². The molecule has 1 saturated heterocycles. The Morgan fingerprint density at radius 1 is 1.17 bits per heavy atom. The maximum atomic E-state index is 12.9. The summed E-state index contributed by atoms with van der Waals surface area (Å²) in [5.74, 6) is -0.144. The van der Waals surface area contributed by atoms with Gasteiger partial charge in [0.15, 0.2) is 11.5 Å². The first-order valence-corrected chi connectivity index (χ1v) is 12.4. The Bertz CT molecular complexity index is 1130. The molecule has 0 bridgehead atoms. The lowest BCUT2D eigenvalue weighted by atomic mass is 9.98. The number of nitrogens with one attached hydrogen (secondary N) is 1. The predicted octanol–water partition coefficient (Wildman–Crippen LogP) is 3.25. The Balaban J connectivity index is 1.53. The Hall–Kier alpha value is -3.25. The number of rotatable bonds is 10. The van der Waals surface area contributed by atoms with Gasteiger partial charge in [0.1, 0.15) is 5.75 Å². The van der Waals surface area contributed by atoms with Crippen LogP contribution in [-0.4, -0.2) is 58.3 Å². The second-order valence-electron chi connectivity index (χ2n) is 7.61. The van der Waals surface area contributed by atoms with E-state index < -0.39 is 22.6 Å². The predicted molar refractivity (Wildman–Crippen MR) is 124 cm³/mol. The topological polar surface area (TPSA) is 107 Å². The van der Waals surface area contributed by atoms with E-state index in [1.54, 1.807) is 12.1 Å². The van der Waals surface area contributed by atoms with Gasteiger partial charge in [0.2, 0.25) is 15.9 Å². The van der Waals surface area contributed by atoms with Crippen LogP contribution >= 0.6 is 0 Å². The van der Waals surface area contributed by atoms with Crippen molar-refractivity contribution in [2.45, 2.75) is 31.3 Å². The normalized spacial score (nSPS) is 15.3.